The van der Waals surface area contributed by atoms with Crippen molar-refractivity contribution in [3.63, 3.8) is 0 Å². The topological polar surface area (TPSA) is 134 Å². The molecular formula is C15H17NO9. The summed E-state index contributed by atoms with van der Waals surface area (Å²) in [5.41, 5.74) is -0.120. The van der Waals surface area contributed by atoms with Gasteiger partial charge in [0.05, 0.1) is 11.5 Å². The Morgan fingerprint density at radius 2 is 1.80 bits per heavy atom. The third-order valence-electron chi connectivity index (χ3n) is 3.33. The Hall–Kier alpha value is -2.72. The van der Waals surface area contributed by atoms with Crippen molar-refractivity contribution >= 4 is 17.6 Å². The van der Waals surface area contributed by atoms with E-state index in [1.54, 1.807) is 0 Å². The van der Waals surface area contributed by atoms with E-state index in [4.69, 9.17) is 18.9 Å². The van der Waals surface area contributed by atoms with Crippen molar-refractivity contribution in [3.8, 4) is 5.75 Å². The lowest BCUT2D eigenvalue weighted by Gasteiger charge is -2.38. The number of hydrogen-bond acceptors (Lipinski definition) is 9. The first-order valence-electron chi connectivity index (χ1n) is 7.33. The second-order valence-electron chi connectivity index (χ2n) is 5.28. The molecule has 136 valence electrons. The molecule has 0 amide bonds. The fourth-order valence-corrected chi connectivity index (χ4v) is 2.29. The highest BCUT2D eigenvalue weighted by molar-refractivity contribution is 5.67. The lowest BCUT2D eigenvalue weighted by atomic mass is 10.0. The van der Waals surface area contributed by atoms with Crippen LogP contribution in [0.2, 0.25) is 0 Å². The van der Waals surface area contributed by atoms with Crippen LogP contribution in [0.1, 0.15) is 13.8 Å². The molecule has 0 aromatic heterocycles. The van der Waals surface area contributed by atoms with Gasteiger partial charge in [-0.1, -0.05) is 0 Å². The van der Waals surface area contributed by atoms with Gasteiger partial charge in [-0.3, -0.25) is 19.7 Å². The zero-order valence-corrected chi connectivity index (χ0v) is 13.5. The molecule has 25 heavy (non-hydrogen) atoms. The van der Waals surface area contributed by atoms with Crippen LogP contribution in [0.25, 0.3) is 0 Å². The average Bonchev–Trinajstić information content (AvgIpc) is 2.53. The van der Waals surface area contributed by atoms with Gasteiger partial charge in [0.2, 0.25) is 6.29 Å². The van der Waals surface area contributed by atoms with E-state index < -0.39 is 41.5 Å². The summed E-state index contributed by atoms with van der Waals surface area (Å²) < 4.78 is 20.8. The number of nitro benzene ring substituents is 1. The highest BCUT2D eigenvalue weighted by Gasteiger charge is 2.45. The number of rotatable bonds is 5. The van der Waals surface area contributed by atoms with Crippen molar-refractivity contribution in [2.45, 2.75) is 38.4 Å². The van der Waals surface area contributed by atoms with Crippen LogP contribution in [0.15, 0.2) is 24.3 Å². The number of nitrogens with zero attached hydrogens (tertiary/aromatic N) is 1. The van der Waals surface area contributed by atoms with Gasteiger partial charge in [-0.05, 0) is 12.1 Å². The van der Waals surface area contributed by atoms with Crippen LogP contribution in [0.4, 0.5) is 5.69 Å². The predicted molar refractivity (Wildman–Crippen MR) is 80.6 cm³/mol. The normalized spacial score (nSPS) is 25.7. The zero-order chi connectivity index (χ0) is 18.6. The summed E-state index contributed by atoms with van der Waals surface area (Å²) in [6.45, 7) is 2.17. The molecule has 1 aliphatic heterocycles. The molecule has 4 atom stereocenters. The number of benzene rings is 1. The minimum absolute atomic E-state index is 0.120. The van der Waals surface area contributed by atoms with Crippen LogP contribution < -0.4 is 4.74 Å². The maximum absolute atomic E-state index is 11.2. The summed E-state index contributed by atoms with van der Waals surface area (Å²) in [6.07, 6.45) is -4.79. The minimum atomic E-state index is -1.43. The van der Waals surface area contributed by atoms with E-state index in [-0.39, 0.29) is 18.0 Å². The van der Waals surface area contributed by atoms with Gasteiger partial charge in [-0.2, -0.15) is 0 Å². The molecule has 1 aromatic carbocycles. The molecule has 2 rings (SSSR count). The summed E-state index contributed by atoms with van der Waals surface area (Å²) in [6, 6.07) is 5.14. The Bertz CT molecular complexity index is 645. The molecule has 1 fully saturated rings. The number of carbonyl (C=O) groups is 2. The third-order valence-corrected chi connectivity index (χ3v) is 3.33. The predicted octanol–water partition coefficient (Wildman–Crippen LogP) is 0.554. The molecular weight excluding hydrogens is 338 g/mol. The fraction of sp³-hybridized carbons (Fsp3) is 0.467. The molecule has 0 bridgehead atoms. The maximum atomic E-state index is 11.2. The monoisotopic (exact) mass is 355 g/mol. The van der Waals surface area contributed by atoms with E-state index in [2.05, 4.69) is 0 Å². The standard InChI is InChI=1S/C15H17NO9/c1-8(17)23-12-7-22-15(13(19)14(12)24-9(2)18)25-11-5-3-10(4-6-11)16(20)21/h3-6,12-15,19H,7H2,1-2H3/t12-,13-,14+,15+/m1/s1. The molecule has 10 heteroatoms. The van der Waals surface area contributed by atoms with Crippen LogP contribution in [0.3, 0.4) is 0 Å². The minimum Gasteiger partial charge on any atom is -0.462 e. The van der Waals surface area contributed by atoms with Gasteiger partial charge in [0, 0.05) is 26.0 Å². The first-order valence-corrected chi connectivity index (χ1v) is 7.33. The van der Waals surface area contributed by atoms with E-state index in [1.165, 1.54) is 31.2 Å². The van der Waals surface area contributed by atoms with E-state index in [0.29, 0.717) is 0 Å². The van der Waals surface area contributed by atoms with Gasteiger partial charge in [0.15, 0.2) is 18.3 Å². The lowest BCUT2D eigenvalue weighted by molar-refractivity contribution is -0.384. The van der Waals surface area contributed by atoms with Crippen molar-refractivity contribution in [1.29, 1.82) is 0 Å². The Balaban J connectivity index is 2.09. The number of esters is 2. The summed E-state index contributed by atoms with van der Waals surface area (Å²) >= 11 is 0. The smallest absolute Gasteiger partial charge is 0.303 e. The largest absolute Gasteiger partial charge is 0.462 e. The number of hydrogen-bond donors (Lipinski definition) is 1. The van der Waals surface area contributed by atoms with Crippen LogP contribution >= 0.6 is 0 Å². The fourth-order valence-electron chi connectivity index (χ4n) is 2.29. The van der Waals surface area contributed by atoms with Crippen LogP contribution in [0.5, 0.6) is 5.75 Å². The van der Waals surface area contributed by atoms with E-state index >= 15 is 0 Å². The van der Waals surface area contributed by atoms with Gasteiger partial charge in [0.1, 0.15) is 5.75 Å². The molecule has 1 aliphatic rings. The molecule has 0 spiro atoms. The second-order valence-corrected chi connectivity index (χ2v) is 5.28. The molecule has 1 N–H and O–H groups in total. The Morgan fingerprint density at radius 3 is 2.32 bits per heavy atom. The molecule has 0 unspecified atom stereocenters. The van der Waals surface area contributed by atoms with E-state index in [1.807, 2.05) is 0 Å². The molecule has 10 nitrogen and oxygen atoms in total. The Kier molecular flexibility index (Phi) is 5.88. The molecule has 1 saturated heterocycles. The summed E-state index contributed by atoms with van der Waals surface area (Å²) in [7, 11) is 0. The van der Waals surface area contributed by atoms with Gasteiger partial charge in [0.25, 0.3) is 5.69 Å². The first kappa shape index (κ1) is 18.6. The Labute approximate surface area is 142 Å². The van der Waals surface area contributed by atoms with Crippen molar-refractivity contribution < 1.29 is 38.6 Å². The third kappa shape index (κ3) is 4.88. The highest BCUT2D eigenvalue weighted by Crippen LogP contribution is 2.25. The summed E-state index contributed by atoms with van der Waals surface area (Å²) in [4.78, 5) is 32.4. The number of aliphatic hydroxyl groups is 1. The van der Waals surface area contributed by atoms with E-state index in [0.717, 1.165) is 6.92 Å². The van der Waals surface area contributed by atoms with Gasteiger partial charge in [-0.25, -0.2) is 0 Å². The van der Waals surface area contributed by atoms with Crippen molar-refractivity contribution in [1.82, 2.24) is 0 Å². The number of carbonyl (C=O) groups excluding carboxylic acids is 2. The molecule has 0 saturated carbocycles. The van der Waals surface area contributed by atoms with E-state index in [9.17, 15) is 24.8 Å². The van der Waals surface area contributed by atoms with Crippen molar-refractivity contribution in [3.05, 3.63) is 34.4 Å². The second kappa shape index (κ2) is 7.90. The number of aliphatic hydroxyl groups excluding tert-OH is 1. The van der Waals surface area contributed by atoms with Gasteiger partial charge >= 0.3 is 11.9 Å². The summed E-state index contributed by atoms with van der Waals surface area (Å²) in [5, 5.41) is 21.0. The number of nitro groups is 1. The Morgan fingerprint density at radius 1 is 1.20 bits per heavy atom. The molecule has 0 radical (unpaired) electrons. The average molecular weight is 355 g/mol. The first-order chi connectivity index (χ1) is 11.8. The lowest BCUT2D eigenvalue weighted by Crippen LogP contribution is -2.57. The molecule has 1 heterocycles. The zero-order valence-electron chi connectivity index (χ0n) is 13.5. The van der Waals surface area contributed by atoms with Crippen LogP contribution in [-0.2, 0) is 23.8 Å². The van der Waals surface area contributed by atoms with Gasteiger partial charge < -0.3 is 24.1 Å². The maximum Gasteiger partial charge on any atom is 0.303 e. The SMILES string of the molecule is CC(=O)O[C@@H]1[C@@H](O)[C@H](Oc2ccc([N+](=O)[O-])cc2)OC[C@H]1OC(C)=O. The number of ether oxygens (including phenoxy) is 4. The van der Waals surface area contributed by atoms with Crippen LogP contribution in [0, 0.1) is 10.1 Å². The molecule has 1 aromatic rings. The van der Waals surface area contributed by atoms with Crippen molar-refractivity contribution in [2.24, 2.45) is 0 Å². The van der Waals surface area contributed by atoms with Crippen LogP contribution in [-0.4, -0.2) is 53.2 Å². The molecule has 0 aliphatic carbocycles. The summed E-state index contributed by atoms with van der Waals surface area (Å²) in [5.74, 6) is -1.08. The number of non-ortho nitro benzene ring substituents is 1. The quantitative estimate of drug-likeness (QED) is 0.456. The highest BCUT2D eigenvalue weighted by atomic mass is 16.7. The van der Waals surface area contributed by atoms with Crippen molar-refractivity contribution in [2.75, 3.05) is 6.61 Å². The van der Waals surface area contributed by atoms with Gasteiger partial charge in [-0.15, -0.1) is 0 Å².